The summed E-state index contributed by atoms with van der Waals surface area (Å²) in [4.78, 5) is 0. The summed E-state index contributed by atoms with van der Waals surface area (Å²) in [5.41, 5.74) is 0.284. The van der Waals surface area contributed by atoms with Crippen molar-refractivity contribution in [1.82, 2.24) is 5.32 Å². The fourth-order valence-electron chi connectivity index (χ4n) is 2.53. The Morgan fingerprint density at radius 1 is 1.50 bits per heavy atom. The molecule has 0 saturated carbocycles. The van der Waals surface area contributed by atoms with Gasteiger partial charge in [-0.3, -0.25) is 0 Å². The summed E-state index contributed by atoms with van der Waals surface area (Å²) >= 11 is 0. The SMILES string of the molecule is CCC1CC2(CCCO2)CCN1. The molecule has 2 heterocycles. The summed E-state index contributed by atoms with van der Waals surface area (Å²) in [5, 5.41) is 3.54. The first-order chi connectivity index (χ1) is 5.85. The molecule has 2 aliphatic rings. The van der Waals surface area contributed by atoms with Gasteiger partial charge in [-0.25, -0.2) is 0 Å². The second-order valence-electron chi connectivity index (χ2n) is 4.15. The Kier molecular flexibility index (Phi) is 2.37. The van der Waals surface area contributed by atoms with Crippen LogP contribution >= 0.6 is 0 Å². The van der Waals surface area contributed by atoms with Crippen molar-refractivity contribution in [1.29, 1.82) is 0 Å². The van der Waals surface area contributed by atoms with Crippen LogP contribution in [0.2, 0.25) is 0 Å². The van der Waals surface area contributed by atoms with Gasteiger partial charge in [-0.1, -0.05) is 6.92 Å². The van der Waals surface area contributed by atoms with E-state index in [9.17, 15) is 0 Å². The van der Waals surface area contributed by atoms with Crippen LogP contribution in [0.4, 0.5) is 0 Å². The van der Waals surface area contributed by atoms with Crippen molar-refractivity contribution in [2.75, 3.05) is 13.2 Å². The second kappa shape index (κ2) is 3.35. The molecule has 2 fully saturated rings. The van der Waals surface area contributed by atoms with Gasteiger partial charge in [-0.05, 0) is 38.6 Å². The minimum absolute atomic E-state index is 0.284. The van der Waals surface area contributed by atoms with E-state index >= 15 is 0 Å². The highest BCUT2D eigenvalue weighted by atomic mass is 16.5. The molecule has 2 aliphatic heterocycles. The van der Waals surface area contributed by atoms with Crippen LogP contribution in [0.3, 0.4) is 0 Å². The Bertz CT molecular complexity index is 152. The molecule has 2 saturated heterocycles. The number of nitrogens with one attached hydrogen (secondary N) is 1. The van der Waals surface area contributed by atoms with Crippen LogP contribution in [0.25, 0.3) is 0 Å². The first-order valence-electron chi connectivity index (χ1n) is 5.22. The minimum atomic E-state index is 0.284. The van der Waals surface area contributed by atoms with Gasteiger partial charge in [0.25, 0.3) is 0 Å². The highest BCUT2D eigenvalue weighted by Gasteiger charge is 2.38. The molecule has 2 atom stereocenters. The van der Waals surface area contributed by atoms with Crippen molar-refractivity contribution < 1.29 is 4.74 Å². The van der Waals surface area contributed by atoms with E-state index in [1.807, 2.05) is 0 Å². The molecule has 12 heavy (non-hydrogen) atoms. The fraction of sp³-hybridized carbons (Fsp3) is 1.00. The molecule has 2 rings (SSSR count). The molecule has 0 radical (unpaired) electrons. The van der Waals surface area contributed by atoms with Crippen molar-refractivity contribution in [2.24, 2.45) is 0 Å². The largest absolute Gasteiger partial charge is 0.375 e. The van der Waals surface area contributed by atoms with Crippen molar-refractivity contribution in [3.05, 3.63) is 0 Å². The topological polar surface area (TPSA) is 21.3 Å². The molecule has 0 aliphatic carbocycles. The maximum absolute atomic E-state index is 5.87. The van der Waals surface area contributed by atoms with Gasteiger partial charge in [0.15, 0.2) is 0 Å². The van der Waals surface area contributed by atoms with Crippen molar-refractivity contribution >= 4 is 0 Å². The molecule has 0 amide bonds. The Balaban J connectivity index is 1.97. The summed E-state index contributed by atoms with van der Waals surface area (Å²) in [6, 6.07) is 0.705. The van der Waals surface area contributed by atoms with Crippen LogP contribution in [0.5, 0.6) is 0 Å². The molecule has 0 aromatic carbocycles. The molecule has 1 N–H and O–H groups in total. The van der Waals surface area contributed by atoms with Gasteiger partial charge in [0.2, 0.25) is 0 Å². The average molecular weight is 169 g/mol. The van der Waals surface area contributed by atoms with E-state index in [-0.39, 0.29) is 5.60 Å². The Hall–Kier alpha value is -0.0800. The quantitative estimate of drug-likeness (QED) is 0.645. The molecular weight excluding hydrogens is 150 g/mol. The molecule has 2 nitrogen and oxygen atoms in total. The molecule has 2 heteroatoms. The number of rotatable bonds is 1. The van der Waals surface area contributed by atoms with E-state index < -0.39 is 0 Å². The van der Waals surface area contributed by atoms with Crippen LogP contribution in [-0.2, 0) is 4.74 Å². The Labute approximate surface area is 74.7 Å². The zero-order valence-electron chi connectivity index (χ0n) is 7.94. The predicted molar refractivity (Wildman–Crippen MR) is 49.2 cm³/mol. The molecule has 0 aromatic heterocycles. The van der Waals surface area contributed by atoms with E-state index in [1.165, 1.54) is 32.1 Å². The van der Waals surface area contributed by atoms with Crippen molar-refractivity contribution in [3.63, 3.8) is 0 Å². The van der Waals surface area contributed by atoms with Gasteiger partial charge in [-0.15, -0.1) is 0 Å². The van der Waals surface area contributed by atoms with Crippen LogP contribution in [-0.4, -0.2) is 24.8 Å². The number of ether oxygens (including phenoxy) is 1. The summed E-state index contributed by atoms with van der Waals surface area (Å²) in [6.45, 7) is 4.40. The molecule has 0 aromatic rings. The van der Waals surface area contributed by atoms with Gasteiger partial charge < -0.3 is 10.1 Å². The van der Waals surface area contributed by atoms with Crippen LogP contribution in [0.1, 0.15) is 39.0 Å². The van der Waals surface area contributed by atoms with Crippen molar-refractivity contribution in [3.8, 4) is 0 Å². The zero-order valence-corrected chi connectivity index (χ0v) is 7.94. The van der Waals surface area contributed by atoms with Gasteiger partial charge in [0.1, 0.15) is 0 Å². The third kappa shape index (κ3) is 1.50. The molecule has 70 valence electrons. The molecule has 0 bridgehead atoms. The van der Waals surface area contributed by atoms with E-state index in [0.717, 1.165) is 13.2 Å². The normalized spacial score (nSPS) is 42.2. The Morgan fingerprint density at radius 3 is 3.08 bits per heavy atom. The number of hydrogen-bond donors (Lipinski definition) is 1. The van der Waals surface area contributed by atoms with Gasteiger partial charge >= 0.3 is 0 Å². The third-order valence-electron chi connectivity index (χ3n) is 3.31. The lowest BCUT2D eigenvalue weighted by molar-refractivity contribution is -0.0309. The average Bonchev–Trinajstić information content (AvgIpc) is 2.53. The van der Waals surface area contributed by atoms with E-state index in [0.29, 0.717) is 6.04 Å². The number of hydrogen-bond acceptors (Lipinski definition) is 2. The summed E-state index contributed by atoms with van der Waals surface area (Å²) in [5.74, 6) is 0. The predicted octanol–water partition coefficient (Wildman–Crippen LogP) is 1.70. The highest BCUT2D eigenvalue weighted by molar-refractivity contribution is 4.93. The third-order valence-corrected chi connectivity index (χ3v) is 3.31. The van der Waals surface area contributed by atoms with E-state index in [4.69, 9.17) is 4.74 Å². The number of piperidine rings is 1. The summed E-state index contributed by atoms with van der Waals surface area (Å²) < 4.78 is 5.87. The maximum Gasteiger partial charge on any atom is 0.0710 e. The van der Waals surface area contributed by atoms with Gasteiger partial charge in [0, 0.05) is 12.6 Å². The summed E-state index contributed by atoms with van der Waals surface area (Å²) in [6.07, 6.45) is 6.28. The minimum Gasteiger partial charge on any atom is -0.375 e. The highest BCUT2D eigenvalue weighted by Crippen LogP contribution is 2.35. The lowest BCUT2D eigenvalue weighted by Gasteiger charge is -2.37. The second-order valence-corrected chi connectivity index (χ2v) is 4.15. The molecule has 2 unspecified atom stereocenters. The lowest BCUT2D eigenvalue weighted by Crippen LogP contribution is -2.47. The van der Waals surface area contributed by atoms with Crippen LogP contribution in [0, 0.1) is 0 Å². The standard InChI is InChI=1S/C10H19NO/c1-2-9-8-10(5-6-11-9)4-3-7-12-10/h9,11H,2-8H2,1H3. The van der Waals surface area contributed by atoms with Gasteiger partial charge in [0.05, 0.1) is 5.60 Å². The lowest BCUT2D eigenvalue weighted by atomic mass is 9.84. The summed E-state index contributed by atoms with van der Waals surface area (Å²) in [7, 11) is 0. The Morgan fingerprint density at radius 2 is 2.42 bits per heavy atom. The first-order valence-corrected chi connectivity index (χ1v) is 5.22. The zero-order chi connectivity index (χ0) is 8.44. The fourth-order valence-corrected chi connectivity index (χ4v) is 2.53. The van der Waals surface area contributed by atoms with E-state index in [2.05, 4.69) is 12.2 Å². The van der Waals surface area contributed by atoms with Crippen molar-refractivity contribution in [2.45, 2.75) is 50.7 Å². The molecule has 1 spiro atoms. The first kappa shape index (κ1) is 8.52. The molecular formula is C10H19NO. The van der Waals surface area contributed by atoms with Gasteiger partial charge in [-0.2, -0.15) is 0 Å². The van der Waals surface area contributed by atoms with E-state index in [1.54, 1.807) is 0 Å². The van der Waals surface area contributed by atoms with Crippen LogP contribution in [0.15, 0.2) is 0 Å². The van der Waals surface area contributed by atoms with Crippen LogP contribution < -0.4 is 5.32 Å². The monoisotopic (exact) mass is 169 g/mol. The maximum atomic E-state index is 5.87. The smallest absolute Gasteiger partial charge is 0.0710 e.